The van der Waals surface area contributed by atoms with Crippen molar-refractivity contribution in [3.05, 3.63) is 24.3 Å². The van der Waals surface area contributed by atoms with E-state index in [9.17, 15) is 0 Å². The van der Waals surface area contributed by atoms with Crippen LogP contribution in [0, 0.1) is 0 Å². The SMILES string of the molecule is CNC.c1ccc2n[nH]nc2c1. The van der Waals surface area contributed by atoms with Crippen LogP contribution in [-0.2, 0) is 0 Å². The molecule has 0 bridgehead atoms. The van der Waals surface area contributed by atoms with Crippen LogP contribution in [-0.4, -0.2) is 29.5 Å². The number of rotatable bonds is 0. The average molecular weight is 164 g/mol. The smallest absolute Gasteiger partial charge is 0.112 e. The molecular formula is C8H12N4. The molecule has 4 heteroatoms. The molecule has 12 heavy (non-hydrogen) atoms. The molecule has 0 aliphatic heterocycles. The van der Waals surface area contributed by atoms with Crippen LogP contribution in [0.1, 0.15) is 0 Å². The van der Waals surface area contributed by atoms with E-state index in [1.54, 1.807) is 0 Å². The quantitative estimate of drug-likeness (QED) is 0.605. The molecule has 0 amide bonds. The van der Waals surface area contributed by atoms with Gasteiger partial charge in [0.25, 0.3) is 0 Å². The number of benzene rings is 1. The van der Waals surface area contributed by atoms with E-state index in [4.69, 9.17) is 0 Å². The third-order valence-corrected chi connectivity index (χ3v) is 1.22. The molecule has 0 fully saturated rings. The number of aromatic amines is 1. The summed E-state index contributed by atoms with van der Waals surface area (Å²) in [5, 5.41) is 13.1. The summed E-state index contributed by atoms with van der Waals surface area (Å²) >= 11 is 0. The Labute approximate surface area is 71.0 Å². The average Bonchev–Trinajstić information content (AvgIpc) is 2.52. The fourth-order valence-corrected chi connectivity index (χ4v) is 0.786. The van der Waals surface area contributed by atoms with Gasteiger partial charge < -0.3 is 5.32 Å². The zero-order valence-electron chi connectivity index (χ0n) is 7.20. The lowest BCUT2D eigenvalue weighted by Crippen LogP contribution is -1.89. The second-order valence-electron chi connectivity index (χ2n) is 2.31. The van der Waals surface area contributed by atoms with E-state index in [-0.39, 0.29) is 0 Å². The van der Waals surface area contributed by atoms with Crippen molar-refractivity contribution >= 4 is 11.0 Å². The fraction of sp³-hybridized carbons (Fsp3) is 0.250. The Kier molecular flexibility index (Phi) is 3.22. The minimum atomic E-state index is 0.914. The van der Waals surface area contributed by atoms with Gasteiger partial charge in [-0.2, -0.15) is 15.4 Å². The number of para-hydroxylation sites is 2. The standard InChI is InChI=1S/C6H5N3.C2H7N/c1-2-4-6-5(3-1)7-9-8-6;1-3-2/h1-4H,(H,7,8,9);3H,1-2H3. The number of nitrogens with zero attached hydrogens (tertiary/aromatic N) is 2. The van der Waals surface area contributed by atoms with E-state index < -0.39 is 0 Å². The molecule has 2 aromatic rings. The van der Waals surface area contributed by atoms with E-state index in [2.05, 4.69) is 20.7 Å². The van der Waals surface area contributed by atoms with Gasteiger partial charge in [0.1, 0.15) is 11.0 Å². The van der Waals surface area contributed by atoms with Crippen LogP contribution in [0.2, 0.25) is 0 Å². The maximum absolute atomic E-state index is 3.88. The highest BCUT2D eigenvalue weighted by Gasteiger charge is 1.90. The van der Waals surface area contributed by atoms with E-state index in [1.165, 1.54) is 0 Å². The summed E-state index contributed by atoms with van der Waals surface area (Å²) in [4.78, 5) is 0. The van der Waals surface area contributed by atoms with Crippen molar-refractivity contribution in [3.8, 4) is 0 Å². The third-order valence-electron chi connectivity index (χ3n) is 1.22. The van der Waals surface area contributed by atoms with Crippen molar-refractivity contribution in [2.45, 2.75) is 0 Å². The summed E-state index contributed by atoms with van der Waals surface area (Å²) in [7, 11) is 3.75. The fourth-order valence-electron chi connectivity index (χ4n) is 0.786. The molecule has 4 nitrogen and oxygen atoms in total. The molecule has 0 atom stereocenters. The van der Waals surface area contributed by atoms with Crippen molar-refractivity contribution in [3.63, 3.8) is 0 Å². The van der Waals surface area contributed by atoms with E-state index >= 15 is 0 Å². The van der Waals surface area contributed by atoms with Gasteiger partial charge in [-0.15, -0.1) is 0 Å². The maximum atomic E-state index is 3.88. The largest absolute Gasteiger partial charge is 0.323 e. The second kappa shape index (κ2) is 4.46. The first-order valence-corrected chi connectivity index (χ1v) is 3.72. The van der Waals surface area contributed by atoms with Gasteiger partial charge in [-0.1, -0.05) is 12.1 Å². The molecule has 2 rings (SSSR count). The van der Waals surface area contributed by atoms with Gasteiger partial charge in [-0.25, -0.2) is 0 Å². The minimum Gasteiger partial charge on any atom is -0.323 e. The lowest BCUT2D eigenvalue weighted by Gasteiger charge is -1.78. The monoisotopic (exact) mass is 164 g/mol. The predicted molar refractivity (Wildman–Crippen MR) is 48.9 cm³/mol. The van der Waals surface area contributed by atoms with Gasteiger partial charge in [0.05, 0.1) is 0 Å². The molecule has 64 valence electrons. The number of nitrogens with one attached hydrogen (secondary N) is 2. The summed E-state index contributed by atoms with van der Waals surface area (Å²) in [5.41, 5.74) is 1.83. The van der Waals surface area contributed by atoms with Crippen LogP contribution >= 0.6 is 0 Å². The molecule has 0 spiro atoms. The van der Waals surface area contributed by atoms with Crippen molar-refractivity contribution < 1.29 is 0 Å². The van der Waals surface area contributed by atoms with Crippen molar-refractivity contribution in [2.75, 3.05) is 14.1 Å². The molecule has 0 saturated carbocycles. The highest BCUT2D eigenvalue weighted by Crippen LogP contribution is 2.03. The summed E-state index contributed by atoms with van der Waals surface area (Å²) in [6.45, 7) is 0. The Bertz CT molecular complexity index is 298. The normalized spacial score (nSPS) is 9.17. The molecule has 2 N–H and O–H groups in total. The number of hydrogen-bond donors (Lipinski definition) is 2. The molecule has 0 aliphatic carbocycles. The summed E-state index contributed by atoms with van der Waals surface area (Å²) in [6.07, 6.45) is 0. The van der Waals surface area contributed by atoms with Gasteiger partial charge in [0, 0.05) is 0 Å². The number of H-pyrrole nitrogens is 1. The lowest BCUT2D eigenvalue weighted by atomic mass is 10.3. The van der Waals surface area contributed by atoms with E-state index in [0.717, 1.165) is 11.0 Å². The van der Waals surface area contributed by atoms with E-state index in [0.29, 0.717) is 0 Å². The summed E-state index contributed by atoms with van der Waals surface area (Å²) in [6, 6.07) is 7.70. The van der Waals surface area contributed by atoms with Gasteiger partial charge in [-0.3, -0.25) is 0 Å². The van der Waals surface area contributed by atoms with Crippen molar-refractivity contribution in [1.29, 1.82) is 0 Å². The minimum absolute atomic E-state index is 0.914. The Morgan fingerprint density at radius 2 is 1.50 bits per heavy atom. The highest BCUT2D eigenvalue weighted by molar-refractivity contribution is 5.72. The first-order valence-electron chi connectivity index (χ1n) is 3.72. The van der Waals surface area contributed by atoms with Crippen LogP contribution in [0.4, 0.5) is 0 Å². The molecule has 1 heterocycles. The lowest BCUT2D eigenvalue weighted by molar-refractivity contribution is 0.959. The van der Waals surface area contributed by atoms with Crippen LogP contribution in [0.25, 0.3) is 11.0 Å². The number of fused-ring (bicyclic) bond motifs is 1. The Morgan fingerprint density at radius 3 is 1.92 bits per heavy atom. The van der Waals surface area contributed by atoms with Crippen LogP contribution in [0.15, 0.2) is 24.3 Å². The summed E-state index contributed by atoms with van der Waals surface area (Å²) in [5.74, 6) is 0. The molecule has 0 unspecified atom stereocenters. The van der Waals surface area contributed by atoms with Crippen LogP contribution in [0.5, 0.6) is 0 Å². The van der Waals surface area contributed by atoms with Gasteiger partial charge in [0.2, 0.25) is 0 Å². The zero-order valence-corrected chi connectivity index (χ0v) is 7.20. The molecular weight excluding hydrogens is 152 g/mol. The first-order chi connectivity index (χ1) is 5.88. The molecule has 0 aliphatic rings. The van der Waals surface area contributed by atoms with Crippen LogP contribution < -0.4 is 5.32 Å². The predicted octanol–water partition coefficient (Wildman–Crippen LogP) is 0.793. The zero-order chi connectivity index (χ0) is 8.81. The van der Waals surface area contributed by atoms with E-state index in [1.807, 2.05) is 38.4 Å². The Hall–Kier alpha value is -1.42. The molecule has 1 aromatic carbocycles. The Balaban J connectivity index is 0.000000213. The summed E-state index contributed by atoms with van der Waals surface area (Å²) < 4.78 is 0. The maximum Gasteiger partial charge on any atom is 0.112 e. The Morgan fingerprint density at radius 1 is 1.08 bits per heavy atom. The molecule has 1 aromatic heterocycles. The molecule has 0 saturated heterocycles. The van der Waals surface area contributed by atoms with Gasteiger partial charge >= 0.3 is 0 Å². The van der Waals surface area contributed by atoms with Crippen molar-refractivity contribution in [2.24, 2.45) is 0 Å². The molecule has 0 radical (unpaired) electrons. The highest BCUT2D eigenvalue weighted by atomic mass is 15.3. The van der Waals surface area contributed by atoms with Crippen LogP contribution in [0.3, 0.4) is 0 Å². The third kappa shape index (κ3) is 2.03. The first kappa shape index (κ1) is 8.67. The second-order valence-corrected chi connectivity index (χ2v) is 2.31. The van der Waals surface area contributed by atoms with Crippen molar-refractivity contribution in [1.82, 2.24) is 20.7 Å². The number of hydrogen-bond acceptors (Lipinski definition) is 3. The van der Waals surface area contributed by atoms with Gasteiger partial charge in [-0.05, 0) is 26.2 Å². The topological polar surface area (TPSA) is 53.6 Å². The van der Waals surface area contributed by atoms with Gasteiger partial charge in [0.15, 0.2) is 0 Å². The number of aromatic nitrogens is 3.